The van der Waals surface area contributed by atoms with Gasteiger partial charge in [0.15, 0.2) is 5.78 Å². The Morgan fingerprint density at radius 3 is 2.29 bits per heavy atom. The molecule has 1 aliphatic rings. The predicted octanol–water partition coefficient (Wildman–Crippen LogP) is 4.23. The second-order valence-corrected chi connectivity index (χ2v) is 8.37. The van der Waals surface area contributed by atoms with E-state index in [1.54, 1.807) is 19.1 Å². The fourth-order valence-corrected chi connectivity index (χ4v) is 4.45. The average molecular weight is 466 g/mol. The fraction of sp³-hybridized carbons (Fsp3) is 0.407. The Labute approximate surface area is 200 Å². The Morgan fingerprint density at radius 2 is 1.68 bits per heavy atom. The molecule has 3 atom stereocenters. The number of aryl methyl sites for hydroxylation is 1. The van der Waals surface area contributed by atoms with Crippen molar-refractivity contribution in [2.45, 2.75) is 45.8 Å². The van der Waals surface area contributed by atoms with Gasteiger partial charge in [-0.1, -0.05) is 67.9 Å². The van der Waals surface area contributed by atoms with Gasteiger partial charge in [-0.05, 0) is 24.5 Å². The summed E-state index contributed by atoms with van der Waals surface area (Å²) in [7, 11) is 0. The molecule has 1 amide bonds. The second kappa shape index (κ2) is 12.1. The lowest BCUT2D eigenvalue weighted by atomic mass is 9.83. The van der Waals surface area contributed by atoms with Crippen LogP contribution < -0.4 is 0 Å². The zero-order valence-corrected chi connectivity index (χ0v) is 19.6. The minimum absolute atomic E-state index is 0.0227. The Morgan fingerprint density at radius 1 is 0.971 bits per heavy atom. The Bertz CT molecular complexity index is 988. The lowest BCUT2D eigenvalue weighted by molar-refractivity contribution is -0.149. The summed E-state index contributed by atoms with van der Waals surface area (Å²) in [5.41, 5.74) is 2.42. The van der Waals surface area contributed by atoms with Gasteiger partial charge in [-0.3, -0.25) is 9.69 Å². The van der Waals surface area contributed by atoms with Crippen LogP contribution in [0, 0.1) is 11.8 Å². The van der Waals surface area contributed by atoms with Crippen molar-refractivity contribution in [2.75, 3.05) is 13.2 Å². The fourth-order valence-electron chi connectivity index (χ4n) is 4.45. The summed E-state index contributed by atoms with van der Waals surface area (Å²) in [4.78, 5) is 52.0. The highest BCUT2D eigenvalue weighted by Gasteiger charge is 2.51. The van der Waals surface area contributed by atoms with Crippen LogP contribution in [0.15, 0.2) is 54.6 Å². The number of ether oxygens (including phenoxy) is 2. The van der Waals surface area contributed by atoms with Crippen molar-refractivity contribution < 1.29 is 28.7 Å². The number of rotatable bonds is 10. The molecule has 7 heteroatoms. The van der Waals surface area contributed by atoms with E-state index in [0.29, 0.717) is 11.8 Å². The molecule has 0 saturated carbocycles. The van der Waals surface area contributed by atoms with Crippen LogP contribution in [0.5, 0.6) is 0 Å². The van der Waals surface area contributed by atoms with Gasteiger partial charge in [0.2, 0.25) is 0 Å². The third kappa shape index (κ3) is 5.90. The zero-order valence-electron chi connectivity index (χ0n) is 19.6. The summed E-state index contributed by atoms with van der Waals surface area (Å²) in [6.45, 7) is 3.88. The first-order valence-corrected chi connectivity index (χ1v) is 11.7. The van der Waals surface area contributed by atoms with Crippen LogP contribution in [0.25, 0.3) is 0 Å². The molecule has 2 aromatic rings. The molecular weight excluding hydrogens is 434 g/mol. The number of aldehydes is 1. The van der Waals surface area contributed by atoms with Crippen molar-refractivity contribution in [1.29, 1.82) is 0 Å². The Balaban J connectivity index is 1.85. The maximum Gasteiger partial charge on any atom is 0.410 e. The van der Waals surface area contributed by atoms with Crippen molar-refractivity contribution in [3.8, 4) is 0 Å². The SMILES string of the molecule is CCCc1ccc(C(=O)[C@H]2CN(C(=O)OCc3ccccc3)[C@H](C(=O)OCC)[C@H]2CC=O)cc1. The Kier molecular flexibility index (Phi) is 8.96. The molecule has 3 rings (SSSR count). The maximum absolute atomic E-state index is 13.4. The number of nitrogens with zero attached hydrogens (tertiary/aromatic N) is 1. The van der Waals surface area contributed by atoms with Gasteiger partial charge < -0.3 is 14.3 Å². The van der Waals surface area contributed by atoms with Gasteiger partial charge in [-0.25, -0.2) is 9.59 Å². The largest absolute Gasteiger partial charge is 0.464 e. The molecule has 0 bridgehead atoms. The molecule has 0 N–H and O–H groups in total. The summed E-state index contributed by atoms with van der Waals surface area (Å²) < 4.78 is 10.7. The third-order valence-corrected chi connectivity index (χ3v) is 6.10. The number of hydrogen-bond donors (Lipinski definition) is 0. The van der Waals surface area contributed by atoms with Crippen LogP contribution in [-0.4, -0.2) is 48.2 Å². The smallest absolute Gasteiger partial charge is 0.410 e. The molecular formula is C27H31NO6. The topological polar surface area (TPSA) is 90.0 Å². The number of carbonyl (C=O) groups excluding carboxylic acids is 4. The second-order valence-electron chi connectivity index (χ2n) is 8.37. The summed E-state index contributed by atoms with van der Waals surface area (Å²) >= 11 is 0. The van der Waals surface area contributed by atoms with E-state index < -0.39 is 29.9 Å². The number of benzene rings is 2. The minimum atomic E-state index is -1.07. The predicted molar refractivity (Wildman–Crippen MR) is 126 cm³/mol. The van der Waals surface area contributed by atoms with Crippen molar-refractivity contribution in [2.24, 2.45) is 11.8 Å². The summed E-state index contributed by atoms with van der Waals surface area (Å²) in [6, 6.07) is 15.5. The van der Waals surface area contributed by atoms with Gasteiger partial charge >= 0.3 is 12.1 Å². The number of esters is 1. The number of amides is 1. The first kappa shape index (κ1) is 25.1. The molecule has 1 fully saturated rings. The summed E-state index contributed by atoms with van der Waals surface area (Å²) in [5.74, 6) is -2.26. The summed E-state index contributed by atoms with van der Waals surface area (Å²) in [6.07, 6.45) is 1.83. The number of ketones is 1. The first-order chi connectivity index (χ1) is 16.5. The number of carbonyl (C=O) groups is 4. The first-order valence-electron chi connectivity index (χ1n) is 11.7. The molecule has 0 aliphatic carbocycles. The monoisotopic (exact) mass is 465 g/mol. The molecule has 180 valence electrons. The minimum Gasteiger partial charge on any atom is -0.464 e. The lowest BCUT2D eigenvalue weighted by Gasteiger charge is -2.25. The van der Waals surface area contributed by atoms with Gasteiger partial charge in [-0.2, -0.15) is 0 Å². The zero-order chi connectivity index (χ0) is 24.5. The number of Topliss-reactive ketones (excluding diaryl/α,β-unsaturated/α-hetero) is 1. The van der Waals surface area contributed by atoms with E-state index in [-0.39, 0.29) is 32.0 Å². The highest BCUT2D eigenvalue weighted by molar-refractivity contribution is 6.00. The van der Waals surface area contributed by atoms with Crippen molar-refractivity contribution in [1.82, 2.24) is 4.90 Å². The van der Waals surface area contributed by atoms with Gasteiger partial charge in [-0.15, -0.1) is 0 Å². The van der Waals surface area contributed by atoms with Gasteiger partial charge in [0, 0.05) is 30.4 Å². The van der Waals surface area contributed by atoms with E-state index in [1.165, 1.54) is 4.90 Å². The molecule has 1 heterocycles. The molecule has 34 heavy (non-hydrogen) atoms. The molecule has 1 saturated heterocycles. The van der Waals surface area contributed by atoms with E-state index >= 15 is 0 Å². The van der Waals surface area contributed by atoms with Crippen LogP contribution in [0.1, 0.15) is 48.2 Å². The van der Waals surface area contributed by atoms with Crippen molar-refractivity contribution in [3.63, 3.8) is 0 Å². The van der Waals surface area contributed by atoms with Crippen molar-refractivity contribution >= 4 is 24.1 Å². The number of hydrogen-bond acceptors (Lipinski definition) is 6. The molecule has 0 aromatic heterocycles. The quantitative estimate of drug-likeness (QED) is 0.296. The average Bonchev–Trinajstić information content (AvgIpc) is 3.23. The van der Waals surface area contributed by atoms with Crippen molar-refractivity contribution in [3.05, 3.63) is 71.3 Å². The molecule has 0 spiro atoms. The van der Waals surface area contributed by atoms with E-state index in [1.807, 2.05) is 42.5 Å². The summed E-state index contributed by atoms with van der Waals surface area (Å²) in [5, 5.41) is 0. The van der Waals surface area contributed by atoms with Crippen LogP contribution in [-0.2, 0) is 32.1 Å². The standard InChI is InChI=1S/C27H31NO6/c1-3-8-19-11-13-21(14-12-19)25(30)23-17-28(24(22(23)15-16-29)26(31)33-4-2)27(32)34-18-20-9-6-5-7-10-20/h5-7,9-14,16,22-24H,3-4,8,15,17-18H2,1-2H3/t22-,23-,24-/m0/s1. The van der Waals surface area contributed by atoms with Crippen LogP contribution in [0.2, 0.25) is 0 Å². The third-order valence-electron chi connectivity index (χ3n) is 6.10. The van der Waals surface area contributed by atoms with E-state index in [2.05, 4.69) is 6.92 Å². The highest BCUT2D eigenvalue weighted by Crippen LogP contribution is 2.36. The van der Waals surface area contributed by atoms with Crippen LogP contribution in [0.4, 0.5) is 4.79 Å². The molecule has 0 unspecified atom stereocenters. The van der Waals surface area contributed by atoms with E-state index in [4.69, 9.17) is 9.47 Å². The van der Waals surface area contributed by atoms with Gasteiger partial charge in [0.25, 0.3) is 0 Å². The lowest BCUT2D eigenvalue weighted by Crippen LogP contribution is -2.44. The molecule has 2 aromatic carbocycles. The Hall–Kier alpha value is -3.48. The maximum atomic E-state index is 13.4. The molecule has 0 radical (unpaired) electrons. The van der Waals surface area contributed by atoms with Gasteiger partial charge in [0.1, 0.15) is 18.9 Å². The molecule has 7 nitrogen and oxygen atoms in total. The van der Waals surface area contributed by atoms with E-state index in [0.717, 1.165) is 24.0 Å². The van der Waals surface area contributed by atoms with Crippen LogP contribution in [0.3, 0.4) is 0 Å². The molecule has 1 aliphatic heterocycles. The normalized spacial score (nSPS) is 19.5. The number of likely N-dealkylation sites (tertiary alicyclic amines) is 1. The van der Waals surface area contributed by atoms with Crippen LogP contribution >= 0.6 is 0 Å². The van der Waals surface area contributed by atoms with E-state index in [9.17, 15) is 19.2 Å². The highest BCUT2D eigenvalue weighted by atomic mass is 16.6. The van der Waals surface area contributed by atoms with Gasteiger partial charge in [0.05, 0.1) is 6.61 Å².